The molecule has 0 fully saturated rings. The Morgan fingerprint density at radius 2 is 2.15 bits per heavy atom. The predicted molar refractivity (Wildman–Crippen MR) is 54.2 cm³/mol. The number of aliphatic carboxylic acids is 1. The molecule has 0 saturated heterocycles. The minimum Gasteiger partial charge on any atom is -0.481 e. The van der Waals surface area contributed by atoms with Crippen molar-refractivity contribution >= 4 is 16.8 Å². The number of carbonyl (C=O) groups is 1. The molecule has 0 aliphatic heterocycles. The zero-order chi connectivity index (χ0) is 10.3. The highest BCUT2D eigenvalue weighted by Crippen LogP contribution is 2.07. The van der Waals surface area contributed by atoms with Gasteiger partial charge in [0.2, 0.25) is 0 Å². The Balaban J connectivity index is 3.55. The summed E-state index contributed by atoms with van der Waals surface area (Å²) in [5.74, 6) is 0.515. The molecule has 2 unspecified atom stereocenters. The van der Waals surface area contributed by atoms with Crippen molar-refractivity contribution in [1.82, 2.24) is 0 Å². The molecular weight excluding hydrogens is 188 g/mol. The first-order valence-electron chi connectivity index (χ1n) is 4.63. The zero-order valence-corrected chi connectivity index (χ0v) is 9.10. The van der Waals surface area contributed by atoms with Crippen LogP contribution < -0.4 is 0 Å². The molecule has 3 nitrogen and oxygen atoms in total. The largest absolute Gasteiger partial charge is 0.481 e. The lowest BCUT2D eigenvalue weighted by molar-refractivity contribution is -0.136. The maximum absolute atomic E-state index is 11.3. The topological polar surface area (TPSA) is 54.4 Å². The van der Waals surface area contributed by atoms with E-state index in [1.165, 1.54) is 0 Å². The maximum atomic E-state index is 11.3. The summed E-state index contributed by atoms with van der Waals surface area (Å²) >= 11 is 0. The SMILES string of the molecule is CCCC(C)CS(=O)CCC(=O)O. The summed E-state index contributed by atoms with van der Waals surface area (Å²) in [4.78, 5) is 10.2. The van der Waals surface area contributed by atoms with Gasteiger partial charge >= 0.3 is 5.97 Å². The van der Waals surface area contributed by atoms with Gasteiger partial charge in [-0.05, 0) is 5.92 Å². The van der Waals surface area contributed by atoms with Crippen molar-refractivity contribution in [3.63, 3.8) is 0 Å². The van der Waals surface area contributed by atoms with Gasteiger partial charge in [-0.25, -0.2) is 0 Å². The first-order valence-corrected chi connectivity index (χ1v) is 6.11. The van der Waals surface area contributed by atoms with E-state index in [-0.39, 0.29) is 6.42 Å². The Morgan fingerprint density at radius 1 is 1.54 bits per heavy atom. The zero-order valence-electron chi connectivity index (χ0n) is 8.28. The van der Waals surface area contributed by atoms with Gasteiger partial charge in [0.25, 0.3) is 0 Å². The predicted octanol–water partition coefficient (Wildman–Crippen LogP) is 1.65. The van der Waals surface area contributed by atoms with Gasteiger partial charge < -0.3 is 5.11 Å². The second-order valence-electron chi connectivity index (χ2n) is 3.35. The van der Waals surface area contributed by atoms with Gasteiger partial charge in [0.1, 0.15) is 0 Å². The highest BCUT2D eigenvalue weighted by molar-refractivity contribution is 7.85. The van der Waals surface area contributed by atoms with Gasteiger partial charge in [0.05, 0.1) is 6.42 Å². The van der Waals surface area contributed by atoms with Crippen LogP contribution in [0.25, 0.3) is 0 Å². The van der Waals surface area contributed by atoms with Crippen LogP contribution in [0.3, 0.4) is 0 Å². The van der Waals surface area contributed by atoms with Crippen LogP contribution in [0, 0.1) is 5.92 Å². The standard InChI is InChI=1S/C9H18O3S/c1-3-4-8(2)7-13(12)6-5-9(10)11/h8H,3-7H2,1-2H3,(H,10,11). The second-order valence-corrected chi connectivity index (χ2v) is 4.97. The van der Waals surface area contributed by atoms with E-state index in [2.05, 4.69) is 13.8 Å². The Hall–Kier alpha value is -0.380. The molecule has 0 aliphatic carbocycles. The lowest BCUT2D eigenvalue weighted by Crippen LogP contribution is -2.12. The smallest absolute Gasteiger partial charge is 0.304 e. The molecule has 0 aliphatic rings. The average Bonchev–Trinajstić information content (AvgIpc) is 2.01. The van der Waals surface area contributed by atoms with E-state index in [1.807, 2.05) is 0 Å². The molecule has 78 valence electrons. The van der Waals surface area contributed by atoms with Crippen molar-refractivity contribution in [3.8, 4) is 0 Å². The van der Waals surface area contributed by atoms with Crippen LogP contribution in [0.5, 0.6) is 0 Å². The average molecular weight is 206 g/mol. The molecule has 0 spiro atoms. The summed E-state index contributed by atoms with van der Waals surface area (Å²) in [5, 5.41) is 8.37. The molecule has 0 bridgehead atoms. The third-order valence-corrected chi connectivity index (χ3v) is 3.40. The lowest BCUT2D eigenvalue weighted by Gasteiger charge is -2.08. The Morgan fingerprint density at radius 3 is 2.62 bits per heavy atom. The molecule has 0 aromatic heterocycles. The van der Waals surface area contributed by atoms with Crippen LogP contribution in [-0.2, 0) is 15.6 Å². The van der Waals surface area contributed by atoms with Gasteiger partial charge in [-0.15, -0.1) is 0 Å². The molecule has 0 rings (SSSR count). The third kappa shape index (κ3) is 7.96. The lowest BCUT2D eigenvalue weighted by atomic mass is 10.1. The molecule has 0 aromatic rings. The molecular formula is C9H18O3S. The van der Waals surface area contributed by atoms with E-state index in [9.17, 15) is 9.00 Å². The Kier molecular flexibility index (Phi) is 6.86. The molecule has 0 radical (unpaired) electrons. The minimum atomic E-state index is -0.953. The first kappa shape index (κ1) is 12.6. The molecule has 13 heavy (non-hydrogen) atoms. The molecule has 0 aromatic carbocycles. The monoisotopic (exact) mass is 206 g/mol. The van der Waals surface area contributed by atoms with E-state index in [1.54, 1.807) is 0 Å². The van der Waals surface area contributed by atoms with Gasteiger partial charge in [0, 0.05) is 22.3 Å². The summed E-state index contributed by atoms with van der Waals surface area (Å²) in [6, 6.07) is 0. The fourth-order valence-electron chi connectivity index (χ4n) is 1.18. The molecule has 0 amide bonds. The molecule has 0 saturated carbocycles. The molecule has 0 heterocycles. The maximum Gasteiger partial charge on any atom is 0.304 e. The fourth-order valence-corrected chi connectivity index (χ4v) is 2.55. The van der Waals surface area contributed by atoms with Gasteiger partial charge in [-0.3, -0.25) is 9.00 Å². The molecule has 1 N–H and O–H groups in total. The Bertz CT molecular complexity index is 180. The highest BCUT2D eigenvalue weighted by atomic mass is 32.2. The van der Waals surface area contributed by atoms with Gasteiger partial charge in [0.15, 0.2) is 0 Å². The van der Waals surface area contributed by atoms with Crippen molar-refractivity contribution in [1.29, 1.82) is 0 Å². The van der Waals surface area contributed by atoms with Gasteiger partial charge in [-0.1, -0.05) is 26.7 Å². The number of carboxylic acid groups (broad SMARTS) is 1. The summed E-state index contributed by atoms with van der Waals surface area (Å²) in [5.41, 5.74) is 0. The van der Waals surface area contributed by atoms with Crippen molar-refractivity contribution < 1.29 is 14.1 Å². The van der Waals surface area contributed by atoms with Crippen LogP contribution in [0.4, 0.5) is 0 Å². The normalized spacial score (nSPS) is 15.2. The third-order valence-electron chi connectivity index (χ3n) is 1.80. The van der Waals surface area contributed by atoms with Crippen molar-refractivity contribution in [3.05, 3.63) is 0 Å². The minimum absolute atomic E-state index is 0.0193. The fraction of sp³-hybridized carbons (Fsp3) is 0.889. The van der Waals surface area contributed by atoms with Crippen molar-refractivity contribution in [2.24, 2.45) is 5.92 Å². The van der Waals surface area contributed by atoms with E-state index in [4.69, 9.17) is 5.11 Å². The van der Waals surface area contributed by atoms with Crippen LogP contribution in [0.1, 0.15) is 33.1 Å². The quantitative estimate of drug-likeness (QED) is 0.689. The molecule has 4 heteroatoms. The van der Waals surface area contributed by atoms with Crippen molar-refractivity contribution in [2.45, 2.75) is 33.1 Å². The van der Waals surface area contributed by atoms with E-state index in [0.717, 1.165) is 12.8 Å². The van der Waals surface area contributed by atoms with Crippen LogP contribution >= 0.6 is 0 Å². The van der Waals surface area contributed by atoms with Crippen LogP contribution in [0.2, 0.25) is 0 Å². The number of carboxylic acids is 1. The van der Waals surface area contributed by atoms with E-state index in [0.29, 0.717) is 17.4 Å². The van der Waals surface area contributed by atoms with Crippen LogP contribution in [-0.4, -0.2) is 26.8 Å². The summed E-state index contributed by atoms with van der Waals surface area (Å²) < 4.78 is 11.3. The number of hydrogen-bond acceptors (Lipinski definition) is 2. The first-order chi connectivity index (χ1) is 6.06. The number of rotatable bonds is 7. The summed E-state index contributed by atoms with van der Waals surface area (Å²) in [6.07, 6.45) is 2.18. The van der Waals surface area contributed by atoms with E-state index < -0.39 is 16.8 Å². The Labute approximate surface area is 82.0 Å². The highest BCUT2D eigenvalue weighted by Gasteiger charge is 2.08. The second kappa shape index (κ2) is 7.06. The van der Waals surface area contributed by atoms with Crippen LogP contribution in [0.15, 0.2) is 0 Å². The van der Waals surface area contributed by atoms with E-state index >= 15 is 0 Å². The number of hydrogen-bond donors (Lipinski definition) is 1. The summed E-state index contributed by atoms with van der Waals surface area (Å²) in [6.45, 7) is 4.15. The summed E-state index contributed by atoms with van der Waals surface area (Å²) in [7, 11) is -0.953. The van der Waals surface area contributed by atoms with Gasteiger partial charge in [-0.2, -0.15) is 0 Å². The van der Waals surface area contributed by atoms with Crippen molar-refractivity contribution in [2.75, 3.05) is 11.5 Å². The molecule has 2 atom stereocenters.